The van der Waals surface area contributed by atoms with Crippen LogP contribution in [0.5, 0.6) is 0 Å². The van der Waals surface area contributed by atoms with Crippen LogP contribution in [0.1, 0.15) is 11.3 Å². The zero-order valence-electron chi connectivity index (χ0n) is 11.4. The zero-order chi connectivity index (χ0) is 14.0. The van der Waals surface area contributed by atoms with Crippen LogP contribution in [-0.2, 0) is 12.7 Å². The lowest BCUT2D eigenvalue weighted by Crippen LogP contribution is -2.24. The van der Waals surface area contributed by atoms with Crippen LogP contribution in [0.15, 0.2) is 24.4 Å². The van der Waals surface area contributed by atoms with Gasteiger partial charge in [0.05, 0.1) is 32.3 Å². The fourth-order valence-electron chi connectivity index (χ4n) is 1.86. The van der Waals surface area contributed by atoms with Crippen LogP contribution in [0.2, 0.25) is 19.6 Å². The molecule has 19 heavy (non-hydrogen) atoms. The maximum atomic E-state index is 13.6. The largest absolute Gasteiger partial charge is 0.392 e. The van der Waals surface area contributed by atoms with E-state index in [2.05, 4.69) is 30.0 Å². The number of rotatable bonds is 4. The Morgan fingerprint density at radius 2 is 2.05 bits per heavy atom. The van der Waals surface area contributed by atoms with E-state index in [4.69, 9.17) is 5.11 Å². The van der Waals surface area contributed by atoms with Gasteiger partial charge in [0.25, 0.3) is 0 Å². The van der Waals surface area contributed by atoms with Crippen LogP contribution in [0.3, 0.4) is 0 Å². The fourth-order valence-corrected chi connectivity index (χ4v) is 3.10. The second-order valence-electron chi connectivity index (χ2n) is 5.83. The quantitative estimate of drug-likeness (QED) is 0.874. The Morgan fingerprint density at radius 1 is 1.32 bits per heavy atom. The molecule has 0 bridgehead atoms. The Morgan fingerprint density at radius 3 is 2.63 bits per heavy atom. The van der Waals surface area contributed by atoms with E-state index in [0.29, 0.717) is 5.69 Å². The Hall–Kier alpha value is -1.53. The molecule has 0 aliphatic rings. The van der Waals surface area contributed by atoms with E-state index in [1.54, 1.807) is 16.8 Å². The number of aliphatic hydroxyl groups is 1. The lowest BCUT2D eigenvalue weighted by atomic mass is 10.2. The predicted octanol–water partition coefficient (Wildman–Crippen LogP) is 2.32. The van der Waals surface area contributed by atoms with Crippen molar-refractivity contribution in [3.8, 4) is 5.69 Å². The molecule has 1 aromatic heterocycles. The summed E-state index contributed by atoms with van der Waals surface area (Å²) in [5.74, 6) is -0.428. The Labute approximate surface area is 112 Å². The zero-order valence-corrected chi connectivity index (χ0v) is 12.4. The molecule has 1 N–H and O–H groups in total. The normalized spacial score (nSPS) is 11.8. The first-order valence-corrected chi connectivity index (χ1v) is 9.91. The standard InChI is InChI=1S/C13H18FN3OSi/c1-19(2,3)9-11-7-17(16-15-11)12-5-4-10(8-18)13(14)6-12/h4-7,18H,8-9H2,1-3H3. The summed E-state index contributed by atoms with van der Waals surface area (Å²) in [7, 11) is -1.23. The fraction of sp³-hybridized carbons (Fsp3) is 0.385. The van der Waals surface area contributed by atoms with Gasteiger partial charge in [-0.1, -0.05) is 30.9 Å². The number of nitrogens with zero attached hydrogens (tertiary/aromatic N) is 3. The highest BCUT2D eigenvalue weighted by molar-refractivity contribution is 6.75. The van der Waals surface area contributed by atoms with Gasteiger partial charge in [-0.05, 0) is 18.2 Å². The predicted molar refractivity (Wildman–Crippen MR) is 74.3 cm³/mol. The van der Waals surface area contributed by atoms with Crippen molar-refractivity contribution in [1.29, 1.82) is 0 Å². The van der Waals surface area contributed by atoms with Crippen molar-refractivity contribution in [3.63, 3.8) is 0 Å². The van der Waals surface area contributed by atoms with E-state index >= 15 is 0 Å². The highest BCUT2D eigenvalue weighted by Gasteiger charge is 2.16. The molecule has 0 aliphatic carbocycles. The molecule has 1 aromatic carbocycles. The average molecular weight is 279 g/mol. The van der Waals surface area contributed by atoms with Gasteiger partial charge >= 0.3 is 0 Å². The van der Waals surface area contributed by atoms with Crippen molar-refractivity contribution in [1.82, 2.24) is 15.0 Å². The molecule has 2 aromatic rings. The molecule has 102 valence electrons. The van der Waals surface area contributed by atoms with Gasteiger partial charge in [-0.3, -0.25) is 0 Å². The van der Waals surface area contributed by atoms with Gasteiger partial charge in [-0.15, -0.1) is 5.10 Å². The van der Waals surface area contributed by atoms with Gasteiger partial charge in [-0.2, -0.15) is 0 Å². The van der Waals surface area contributed by atoms with E-state index in [9.17, 15) is 4.39 Å². The van der Waals surface area contributed by atoms with Crippen molar-refractivity contribution in [2.75, 3.05) is 0 Å². The van der Waals surface area contributed by atoms with Crippen molar-refractivity contribution >= 4 is 8.07 Å². The summed E-state index contributed by atoms with van der Waals surface area (Å²) in [5.41, 5.74) is 1.83. The number of aliphatic hydroxyl groups excluding tert-OH is 1. The molecule has 0 unspecified atom stereocenters. The Kier molecular flexibility index (Phi) is 3.82. The number of halogens is 1. The number of hydrogen-bond donors (Lipinski definition) is 1. The summed E-state index contributed by atoms with van der Waals surface area (Å²) in [6.45, 7) is 6.50. The SMILES string of the molecule is C[Si](C)(C)Cc1cn(-c2ccc(CO)c(F)c2)nn1. The minimum absolute atomic E-state index is 0.284. The maximum absolute atomic E-state index is 13.6. The Bertz CT molecular complexity index is 578. The molecule has 0 aliphatic heterocycles. The second kappa shape index (κ2) is 5.22. The Balaban J connectivity index is 2.25. The first kappa shape index (κ1) is 13.9. The van der Waals surface area contributed by atoms with Crippen LogP contribution in [-0.4, -0.2) is 28.2 Å². The molecule has 4 nitrogen and oxygen atoms in total. The molecule has 0 amide bonds. The topological polar surface area (TPSA) is 50.9 Å². The van der Waals surface area contributed by atoms with Crippen molar-refractivity contribution in [2.45, 2.75) is 32.3 Å². The van der Waals surface area contributed by atoms with E-state index < -0.39 is 13.9 Å². The van der Waals surface area contributed by atoms with E-state index in [1.165, 1.54) is 6.07 Å². The lowest BCUT2D eigenvalue weighted by Gasteiger charge is -2.12. The van der Waals surface area contributed by atoms with Crippen LogP contribution in [0.4, 0.5) is 4.39 Å². The van der Waals surface area contributed by atoms with Gasteiger partial charge in [0.1, 0.15) is 5.82 Å². The van der Waals surface area contributed by atoms with E-state index in [1.807, 2.05) is 6.20 Å². The van der Waals surface area contributed by atoms with E-state index in [0.717, 1.165) is 11.7 Å². The summed E-state index contributed by atoms with van der Waals surface area (Å²) in [4.78, 5) is 0. The monoisotopic (exact) mass is 279 g/mol. The molecule has 1 heterocycles. The summed E-state index contributed by atoms with van der Waals surface area (Å²) in [5, 5.41) is 17.1. The molecule has 6 heteroatoms. The summed E-state index contributed by atoms with van der Waals surface area (Å²) < 4.78 is 15.2. The summed E-state index contributed by atoms with van der Waals surface area (Å²) in [6, 6.07) is 5.59. The van der Waals surface area contributed by atoms with E-state index in [-0.39, 0.29) is 12.2 Å². The summed E-state index contributed by atoms with van der Waals surface area (Å²) >= 11 is 0. The minimum atomic E-state index is -1.23. The minimum Gasteiger partial charge on any atom is -0.392 e. The molecule has 0 radical (unpaired) electrons. The van der Waals surface area contributed by atoms with Gasteiger partial charge in [0.2, 0.25) is 0 Å². The van der Waals surface area contributed by atoms with Gasteiger partial charge < -0.3 is 5.11 Å². The van der Waals surface area contributed by atoms with Crippen molar-refractivity contribution < 1.29 is 9.50 Å². The van der Waals surface area contributed by atoms with Crippen LogP contribution < -0.4 is 0 Å². The lowest BCUT2D eigenvalue weighted by molar-refractivity contribution is 0.275. The second-order valence-corrected chi connectivity index (χ2v) is 11.3. The maximum Gasteiger partial charge on any atom is 0.130 e. The molecule has 0 saturated carbocycles. The molecule has 0 fully saturated rings. The number of hydrogen-bond acceptors (Lipinski definition) is 3. The van der Waals surface area contributed by atoms with Gasteiger partial charge in [0, 0.05) is 5.56 Å². The smallest absolute Gasteiger partial charge is 0.130 e. The van der Waals surface area contributed by atoms with Crippen LogP contribution in [0.25, 0.3) is 5.69 Å². The van der Waals surface area contributed by atoms with Gasteiger partial charge in [-0.25, -0.2) is 9.07 Å². The molecular weight excluding hydrogens is 261 g/mol. The third kappa shape index (κ3) is 3.48. The third-order valence-corrected chi connectivity index (χ3v) is 4.15. The molecule has 0 atom stereocenters. The summed E-state index contributed by atoms with van der Waals surface area (Å²) in [6.07, 6.45) is 1.84. The highest BCUT2D eigenvalue weighted by atomic mass is 28.3. The molecular formula is C13H18FN3OSi. The van der Waals surface area contributed by atoms with Crippen LogP contribution >= 0.6 is 0 Å². The average Bonchev–Trinajstić information content (AvgIpc) is 2.75. The molecule has 0 saturated heterocycles. The first-order valence-electron chi connectivity index (χ1n) is 6.20. The number of benzene rings is 1. The molecule has 0 spiro atoms. The number of aromatic nitrogens is 3. The molecule has 2 rings (SSSR count). The van der Waals surface area contributed by atoms with Crippen molar-refractivity contribution in [3.05, 3.63) is 41.5 Å². The third-order valence-electron chi connectivity index (χ3n) is 2.72. The first-order chi connectivity index (χ1) is 8.89. The van der Waals surface area contributed by atoms with Crippen molar-refractivity contribution in [2.24, 2.45) is 0 Å². The van der Waals surface area contributed by atoms with Crippen LogP contribution in [0, 0.1) is 5.82 Å². The van der Waals surface area contributed by atoms with Gasteiger partial charge in [0.15, 0.2) is 0 Å². The highest BCUT2D eigenvalue weighted by Crippen LogP contribution is 2.15.